The minimum Gasteiger partial charge on any atom is -0.379 e. The highest BCUT2D eigenvalue weighted by atomic mass is 19.1. The summed E-state index contributed by atoms with van der Waals surface area (Å²) < 4.78 is 26.9. The summed E-state index contributed by atoms with van der Waals surface area (Å²) in [5.41, 5.74) is 2.71. The van der Waals surface area contributed by atoms with Crippen LogP contribution in [0.3, 0.4) is 0 Å². The molecule has 0 spiro atoms. The summed E-state index contributed by atoms with van der Waals surface area (Å²) in [6, 6.07) is 10.0. The summed E-state index contributed by atoms with van der Waals surface area (Å²) >= 11 is 0. The first kappa shape index (κ1) is 12.6. The number of halogens is 2. The largest absolute Gasteiger partial charge is 0.379 e. The molecule has 0 aromatic heterocycles. The monoisotopic (exact) mass is 247 g/mol. The van der Waals surface area contributed by atoms with Crippen molar-refractivity contribution < 1.29 is 8.78 Å². The molecule has 1 nitrogen and oxygen atoms in total. The number of aryl methyl sites for hydroxylation is 2. The summed E-state index contributed by atoms with van der Waals surface area (Å²) in [4.78, 5) is 0. The lowest BCUT2D eigenvalue weighted by Crippen LogP contribution is -2.02. The summed E-state index contributed by atoms with van der Waals surface area (Å²) in [6.45, 7) is 3.95. The predicted octanol–water partition coefficient (Wildman–Crippen LogP) is 4.19. The molecular weight excluding hydrogens is 232 g/mol. The predicted molar refractivity (Wildman–Crippen MR) is 69.6 cm³/mol. The van der Waals surface area contributed by atoms with Gasteiger partial charge in [-0.3, -0.25) is 0 Å². The van der Waals surface area contributed by atoms with Gasteiger partial charge in [-0.25, -0.2) is 8.78 Å². The van der Waals surface area contributed by atoms with Crippen LogP contribution in [0.4, 0.5) is 14.5 Å². The van der Waals surface area contributed by atoms with Crippen LogP contribution < -0.4 is 5.32 Å². The van der Waals surface area contributed by atoms with Crippen molar-refractivity contribution in [2.75, 3.05) is 5.32 Å². The third-order valence-corrected chi connectivity index (χ3v) is 2.84. The zero-order chi connectivity index (χ0) is 13.1. The lowest BCUT2D eigenvalue weighted by atomic mass is 10.1. The fourth-order valence-corrected chi connectivity index (χ4v) is 1.71. The highest BCUT2D eigenvalue weighted by Crippen LogP contribution is 2.17. The van der Waals surface area contributed by atoms with Gasteiger partial charge < -0.3 is 5.32 Å². The first-order chi connectivity index (χ1) is 8.56. The topological polar surface area (TPSA) is 12.0 Å². The van der Waals surface area contributed by atoms with Crippen molar-refractivity contribution in [3.05, 3.63) is 64.7 Å². The highest BCUT2D eigenvalue weighted by molar-refractivity contribution is 5.46. The summed E-state index contributed by atoms with van der Waals surface area (Å²) in [6.07, 6.45) is 0. The van der Waals surface area contributed by atoms with Crippen molar-refractivity contribution in [2.24, 2.45) is 0 Å². The summed E-state index contributed by atoms with van der Waals surface area (Å²) in [7, 11) is 0. The Hall–Kier alpha value is -1.90. The van der Waals surface area contributed by atoms with E-state index in [1.54, 1.807) is 19.1 Å². The number of nitrogens with one attached hydrogen (secondary N) is 1. The second kappa shape index (κ2) is 5.17. The normalized spacial score (nSPS) is 10.4. The number of rotatable bonds is 3. The maximum absolute atomic E-state index is 13.6. The fourth-order valence-electron chi connectivity index (χ4n) is 1.71. The Labute approximate surface area is 105 Å². The van der Waals surface area contributed by atoms with Gasteiger partial charge in [0.1, 0.15) is 11.6 Å². The Morgan fingerprint density at radius 3 is 2.39 bits per heavy atom. The molecule has 0 radical (unpaired) electrons. The average Bonchev–Trinajstić information content (AvgIpc) is 2.32. The summed E-state index contributed by atoms with van der Waals surface area (Å²) in [5.74, 6) is -0.527. The van der Waals surface area contributed by atoms with E-state index in [4.69, 9.17) is 0 Å². The zero-order valence-corrected chi connectivity index (χ0v) is 10.4. The van der Waals surface area contributed by atoms with Gasteiger partial charge in [0.05, 0.1) is 5.69 Å². The lowest BCUT2D eigenvalue weighted by Gasteiger charge is -2.09. The summed E-state index contributed by atoms with van der Waals surface area (Å²) in [5, 5.41) is 2.96. The maximum Gasteiger partial charge on any atom is 0.146 e. The van der Waals surface area contributed by atoms with E-state index in [-0.39, 0.29) is 11.6 Å². The van der Waals surface area contributed by atoms with Crippen molar-refractivity contribution in [3.8, 4) is 0 Å². The smallest absolute Gasteiger partial charge is 0.146 e. The Balaban J connectivity index is 2.09. The molecule has 1 N–H and O–H groups in total. The van der Waals surface area contributed by atoms with Gasteiger partial charge in [0.15, 0.2) is 0 Å². The quantitative estimate of drug-likeness (QED) is 0.857. The molecule has 18 heavy (non-hydrogen) atoms. The SMILES string of the molecule is Cc1ccc(NCc2ccc(C)c(F)c2)c(F)c1. The molecule has 0 unspecified atom stereocenters. The molecule has 2 aromatic rings. The Kier molecular flexibility index (Phi) is 3.60. The van der Waals surface area contributed by atoms with Gasteiger partial charge >= 0.3 is 0 Å². The van der Waals surface area contributed by atoms with Gasteiger partial charge in [0.2, 0.25) is 0 Å². The Morgan fingerprint density at radius 2 is 1.72 bits per heavy atom. The van der Waals surface area contributed by atoms with Crippen LogP contribution in [0.2, 0.25) is 0 Å². The van der Waals surface area contributed by atoms with Crippen LogP contribution in [-0.2, 0) is 6.54 Å². The van der Waals surface area contributed by atoms with Gasteiger partial charge in [-0.2, -0.15) is 0 Å². The van der Waals surface area contributed by atoms with Crippen molar-refractivity contribution in [2.45, 2.75) is 20.4 Å². The van der Waals surface area contributed by atoms with E-state index in [9.17, 15) is 8.78 Å². The molecule has 0 saturated heterocycles. The second-order valence-corrected chi connectivity index (χ2v) is 4.42. The standard InChI is InChI=1S/C15H15F2N/c1-10-3-6-15(14(17)7-10)18-9-12-5-4-11(2)13(16)8-12/h3-8,18H,9H2,1-2H3. The minimum absolute atomic E-state index is 0.237. The Morgan fingerprint density at radius 1 is 0.944 bits per heavy atom. The molecule has 2 aromatic carbocycles. The van der Waals surface area contributed by atoms with E-state index >= 15 is 0 Å². The van der Waals surface area contributed by atoms with Crippen LogP contribution in [0.1, 0.15) is 16.7 Å². The van der Waals surface area contributed by atoms with Gasteiger partial charge in [-0.1, -0.05) is 18.2 Å². The lowest BCUT2D eigenvalue weighted by molar-refractivity contribution is 0.616. The van der Waals surface area contributed by atoms with E-state index in [2.05, 4.69) is 5.32 Å². The third kappa shape index (κ3) is 2.86. The van der Waals surface area contributed by atoms with E-state index in [0.29, 0.717) is 17.8 Å². The molecule has 0 bridgehead atoms. The molecule has 0 aliphatic heterocycles. The minimum atomic E-state index is -0.289. The fraction of sp³-hybridized carbons (Fsp3) is 0.200. The number of benzene rings is 2. The van der Waals surface area contributed by atoms with Crippen LogP contribution in [0, 0.1) is 25.5 Å². The number of hydrogen-bond donors (Lipinski definition) is 1. The first-order valence-electron chi connectivity index (χ1n) is 5.81. The average molecular weight is 247 g/mol. The second-order valence-electron chi connectivity index (χ2n) is 4.42. The van der Waals surface area contributed by atoms with Crippen LogP contribution in [0.5, 0.6) is 0 Å². The van der Waals surface area contributed by atoms with Crippen LogP contribution >= 0.6 is 0 Å². The molecule has 0 saturated carbocycles. The highest BCUT2D eigenvalue weighted by Gasteiger charge is 2.03. The van der Waals surface area contributed by atoms with Crippen LogP contribution in [-0.4, -0.2) is 0 Å². The van der Waals surface area contributed by atoms with E-state index in [1.807, 2.05) is 19.1 Å². The Bertz CT molecular complexity index is 564. The zero-order valence-electron chi connectivity index (χ0n) is 10.4. The molecular formula is C15H15F2N. The van der Waals surface area contributed by atoms with Gasteiger partial charge in [-0.05, 0) is 48.7 Å². The van der Waals surface area contributed by atoms with E-state index in [0.717, 1.165) is 11.1 Å². The molecule has 0 heterocycles. The molecule has 0 fully saturated rings. The van der Waals surface area contributed by atoms with Crippen LogP contribution in [0.25, 0.3) is 0 Å². The van der Waals surface area contributed by atoms with Gasteiger partial charge in [0.25, 0.3) is 0 Å². The van der Waals surface area contributed by atoms with Crippen molar-refractivity contribution in [1.29, 1.82) is 0 Å². The third-order valence-electron chi connectivity index (χ3n) is 2.84. The van der Waals surface area contributed by atoms with Crippen molar-refractivity contribution in [1.82, 2.24) is 0 Å². The first-order valence-corrected chi connectivity index (χ1v) is 5.81. The molecule has 0 atom stereocenters. The molecule has 3 heteroatoms. The number of anilines is 1. The van der Waals surface area contributed by atoms with E-state index in [1.165, 1.54) is 12.1 Å². The van der Waals surface area contributed by atoms with Gasteiger partial charge in [-0.15, -0.1) is 0 Å². The van der Waals surface area contributed by atoms with Gasteiger partial charge in [0, 0.05) is 6.54 Å². The molecule has 0 aliphatic carbocycles. The molecule has 0 aliphatic rings. The van der Waals surface area contributed by atoms with Crippen molar-refractivity contribution in [3.63, 3.8) is 0 Å². The molecule has 2 rings (SSSR count). The maximum atomic E-state index is 13.6. The van der Waals surface area contributed by atoms with E-state index < -0.39 is 0 Å². The number of hydrogen-bond acceptors (Lipinski definition) is 1. The molecule has 0 amide bonds. The van der Waals surface area contributed by atoms with Crippen molar-refractivity contribution >= 4 is 5.69 Å². The van der Waals surface area contributed by atoms with Crippen LogP contribution in [0.15, 0.2) is 36.4 Å². The molecule has 94 valence electrons.